The summed E-state index contributed by atoms with van der Waals surface area (Å²) in [6, 6.07) is 7.95. The van der Waals surface area contributed by atoms with Crippen molar-refractivity contribution in [2.24, 2.45) is 11.1 Å². The molecule has 3 rings (SSSR count). The predicted octanol–water partition coefficient (Wildman–Crippen LogP) is 5.54. The average molecular weight is 419 g/mol. The number of β-amino-alcohol motifs (C(OH)–C–C–N with tert-alkyl or cyclic N) is 1. The molecule has 1 N–H and O–H groups in total. The number of rotatable bonds is 8. The van der Waals surface area contributed by atoms with Gasteiger partial charge in [-0.15, -0.1) is 0 Å². The van der Waals surface area contributed by atoms with Crippen LogP contribution in [0, 0.1) is 5.92 Å². The molecular formula is C24H35ClN2O2. The van der Waals surface area contributed by atoms with Crippen molar-refractivity contribution >= 4 is 23.4 Å². The molecule has 2 aliphatic rings. The summed E-state index contributed by atoms with van der Waals surface area (Å²) in [6.45, 7) is 5.33. The lowest BCUT2D eigenvalue weighted by Crippen LogP contribution is -2.32. The minimum absolute atomic E-state index is 0.257. The molecule has 0 aromatic heterocycles. The first-order valence-corrected chi connectivity index (χ1v) is 11.6. The SMILES string of the molecule is CCCC1CCCCC(=C\c2ccc(Cl)cc2)/C1=N/OCC(O)CN1CCCC1. The molecule has 1 aromatic carbocycles. The Balaban J connectivity index is 1.71. The summed E-state index contributed by atoms with van der Waals surface area (Å²) in [5, 5.41) is 15.7. The van der Waals surface area contributed by atoms with E-state index < -0.39 is 6.10 Å². The normalized spacial score (nSPS) is 24.7. The summed E-state index contributed by atoms with van der Waals surface area (Å²) < 4.78 is 0. The zero-order chi connectivity index (χ0) is 20.5. The highest BCUT2D eigenvalue weighted by Crippen LogP contribution is 2.30. The Morgan fingerprint density at radius 3 is 2.69 bits per heavy atom. The Morgan fingerprint density at radius 2 is 1.97 bits per heavy atom. The molecule has 0 spiro atoms. The molecule has 4 nitrogen and oxygen atoms in total. The molecule has 1 aliphatic heterocycles. The molecule has 29 heavy (non-hydrogen) atoms. The third kappa shape index (κ3) is 7.13. The van der Waals surface area contributed by atoms with Gasteiger partial charge in [-0.05, 0) is 81.0 Å². The average Bonchev–Trinajstić information content (AvgIpc) is 3.14. The quantitative estimate of drug-likeness (QED) is 0.445. The summed E-state index contributed by atoms with van der Waals surface area (Å²) in [5.41, 5.74) is 3.48. The van der Waals surface area contributed by atoms with Gasteiger partial charge in [0.15, 0.2) is 0 Å². The van der Waals surface area contributed by atoms with Crippen molar-refractivity contribution in [2.45, 2.75) is 64.4 Å². The number of halogens is 1. The standard InChI is InChI=1S/C24H35ClN2O2/c1-2-7-20-8-3-4-9-21(16-19-10-12-22(25)13-11-19)24(20)26-29-18-23(28)17-27-14-5-6-15-27/h10-13,16,20,23,28H,2-9,14-15,17-18H2,1H3/b21-16+,26-24+. The Hall–Kier alpha value is -1.36. The molecule has 5 heteroatoms. The van der Waals surface area contributed by atoms with Crippen molar-refractivity contribution < 1.29 is 9.94 Å². The number of hydrogen-bond donors (Lipinski definition) is 1. The smallest absolute Gasteiger partial charge is 0.144 e. The molecule has 1 aliphatic carbocycles. The van der Waals surface area contributed by atoms with Crippen LogP contribution >= 0.6 is 11.6 Å². The number of oxime groups is 1. The molecule has 2 unspecified atom stereocenters. The molecule has 160 valence electrons. The Labute approximate surface area is 180 Å². The first kappa shape index (κ1) is 22.3. The topological polar surface area (TPSA) is 45.1 Å². The van der Waals surface area contributed by atoms with Gasteiger partial charge in [0.05, 0.1) is 5.71 Å². The molecule has 2 fully saturated rings. The lowest BCUT2D eigenvalue weighted by molar-refractivity contribution is 0.0225. The maximum atomic E-state index is 10.3. The van der Waals surface area contributed by atoms with Crippen LogP contribution in [-0.2, 0) is 4.84 Å². The highest BCUT2D eigenvalue weighted by atomic mass is 35.5. The second kappa shape index (κ2) is 11.7. The van der Waals surface area contributed by atoms with Crippen LogP contribution in [0.5, 0.6) is 0 Å². The van der Waals surface area contributed by atoms with Crippen LogP contribution < -0.4 is 0 Å². The van der Waals surface area contributed by atoms with E-state index >= 15 is 0 Å². The van der Waals surface area contributed by atoms with Crippen molar-refractivity contribution in [3.05, 3.63) is 40.4 Å². The van der Waals surface area contributed by atoms with E-state index in [1.807, 2.05) is 24.3 Å². The summed E-state index contributed by atoms with van der Waals surface area (Å²) in [4.78, 5) is 8.02. The van der Waals surface area contributed by atoms with Crippen LogP contribution in [0.4, 0.5) is 0 Å². The van der Waals surface area contributed by atoms with Gasteiger partial charge >= 0.3 is 0 Å². The fourth-order valence-corrected chi connectivity index (χ4v) is 4.54. The Bertz CT molecular complexity index is 681. The van der Waals surface area contributed by atoms with E-state index in [1.54, 1.807) is 0 Å². The second-order valence-electron chi connectivity index (χ2n) is 8.39. The van der Waals surface area contributed by atoms with Gasteiger partial charge in [0.25, 0.3) is 0 Å². The van der Waals surface area contributed by atoms with Gasteiger partial charge in [-0.25, -0.2) is 0 Å². The van der Waals surface area contributed by atoms with Gasteiger partial charge < -0.3 is 14.8 Å². The summed E-state index contributed by atoms with van der Waals surface area (Å²) >= 11 is 6.04. The molecule has 0 amide bonds. The first-order chi connectivity index (χ1) is 14.2. The number of hydrogen-bond acceptors (Lipinski definition) is 4. The monoisotopic (exact) mass is 418 g/mol. The van der Waals surface area contributed by atoms with Crippen LogP contribution in [0.15, 0.2) is 35.0 Å². The van der Waals surface area contributed by atoms with E-state index in [0.29, 0.717) is 12.5 Å². The number of nitrogens with zero attached hydrogens (tertiary/aromatic N) is 2. The fraction of sp³-hybridized carbons (Fsp3) is 0.625. The lowest BCUT2D eigenvalue weighted by atomic mass is 9.90. The lowest BCUT2D eigenvalue weighted by Gasteiger charge is -2.20. The number of aliphatic hydroxyl groups is 1. The molecular weight excluding hydrogens is 384 g/mol. The van der Waals surface area contributed by atoms with Crippen LogP contribution in [0.1, 0.15) is 63.9 Å². The molecule has 1 saturated carbocycles. The van der Waals surface area contributed by atoms with Gasteiger partial charge in [0.1, 0.15) is 12.7 Å². The Morgan fingerprint density at radius 1 is 1.21 bits per heavy atom. The zero-order valence-corrected chi connectivity index (χ0v) is 18.4. The van der Waals surface area contributed by atoms with Crippen LogP contribution in [0.3, 0.4) is 0 Å². The molecule has 0 bridgehead atoms. The number of aliphatic hydroxyl groups excluding tert-OH is 1. The molecule has 1 aromatic rings. The largest absolute Gasteiger partial charge is 0.393 e. The third-order valence-corrected chi connectivity index (χ3v) is 6.16. The molecule has 1 heterocycles. The minimum Gasteiger partial charge on any atom is -0.393 e. The maximum Gasteiger partial charge on any atom is 0.144 e. The van der Waals surface area contributed by atoms with Crippen molar-refractivity contribution in [2.75, 3.05) is 26.2 Å². The highest BCUT2D eigenvalue weighted by Gasteiger charge is 2.23. The first-order valence-electron chi connectivity index (χ1n) is 11.2. The van der Waals surface area contributed by atoms with E-state index in [2.05, 4.69) is 23.1 Å². The van der Waals surface area contributed by atoms with Gasteiger partial charge in [-0.3, -0.25) is 0 Å². The van der Waals surface area contributed by atoms with E-state index in [1.165, 1.54) is 31.3 Å². The van der Waals surface area contributed by atoms with Crippen molar-refractivity contribution in [1.82, 2.24) is 4.90 Å². The van der Waals surface area contributed by atoms with E-state index in [0.717, 1.165) is 55.1 Å². The number of likely N-dealkylation sites (tertiary alicyclic amines) is 1. The molecule has 0 radical (unpaired) electrons. The van der Waals surface area contributed by atoms with E-state index in [-0.39, 0.29) is 6.61 Å². The maximum absolute atomic E-state index is 10.3. The van der Waals surface area contributed by atoms with Crippen LogP contribution in [0.25, 0.3) is 6.08 Å². The van der Waals surface area contributed by atoms with Crippen molar-refractivity contribution in [3.63, 3.8) is 0 Å². The summed E-state index contributed by atoms with van der Waals surface area (Å²) in [7, 11) is 0. The summed E-state index contributed by atoms with van der Waals surface area (Å²) in [6.07, 6.45) is 11.0. The Kier molecular flexibility index (Phi) is 9.03. The van der Waals surface area contributed by atoms with Crippen LogP contribution in [0.2, 0.25) is 5.02 Å². The van der Waals surface area contributed by atoms with Gasteiger partial charge in [0.2, 0.25) is 0 Å². The zero-order valence-electron chi connectivity index (χ0n) is 17.7. The summed E-state index contributed by atoms with van der Waals surface area (Å²) in [5.74, 6) is 0.428. The third-order valence-electron chi connectivity index (χ3n) is 5.91. The van der Waals surface area contributed by atoms with Crippen molar-refractivity contribution in [3.8, 4) is 0 Å². The predicted molar refractivity (Wildman–Crippen MR) is 121 cm³/mol. The molecule has 1 saturated heterocycles. The minimum atomic E-state index is -0.489. The number of allylic oxidation sites excluding steroid dienone is 1. The molecule has 2 atom stereocenters. The van der Waals surface area contributed by atoms with Gasteiger partial charge in [-0.2, -0.15) is 0 Å². The van der Waals surface area contributed by atoms with Gasteiger partial charge in [0, 0.05) is 17.5 Å². The van der Waals surface area contributed by atoms with E-state index in [9.17, 15) is 5.11 Å². The van der Waals surface area contributed by atoms with E-state index in [4.69, 9.17) is 16.4 Å². The van der Waals surface area contributed by atoms with Gasteiger partial charge in [-0.1, -0.05) is 48.7 Å². The number of benzene rings is 1. The second-order valence-corrected chi connectivity index (χ2v) is 8.82. The van der Waals surface area contributed by atoms with Crippen molar-refractivity contribution in [1.29, 1.82) is 0 Å². The highest BCUT2D eigenvalue weighted by molar-refractivity contribution is 6.30. The van der Waals surface area contributed by atoms with Crippen LogP contribution in [-0.4, -0.2) is 48.1 Å². The fourth-order valence-electron chi connectivity index (χ4n) is 4.41.